The van der Waals surface area contributed by atoms with Gasteiger partial charge < -0.3 is 9.47 Å². The van der Waals surface area contributed by atoms with Gasteiger partial charge in [0, 0.05) is 24.8 Å². The number of rotatable bonds is 3. The van der Waals surface area contributed by atoms with E-state index in [4.69, 9.17) is 0 Å². The summed E-state index contributed by atoms with van der Waals surface area (Å²) in [4.78, 5) is 13.9. The lowest BCUT2D eigenvalue weighted by Gasteiger charge is -2.32. The summed E-state index contributed by atoms with van der Waals surface area (Å²) in [7, 11) is 0. The fourth-order valence-electron chi connectivity index (χ4n) is 2.94. The van der Waals surface area contributed by atoms with E-state index in [1.54, 1.807) is 4.90 Å². The number of nitrogens with zero attached hydrogens (tertiary/aromatic N) is 2. The first-order valence-electron chi connectivity index (χ1n) is 7.48. The minimum absolute atomic E-state index is 0.0863. The van der Waals surface area contributed by atoms with Gasteiger partial charge in [-0.05, 0) is 30.4 Å². The van der Waals surface area contributed by atoms with Gasteiger partial charge in [0.2, 0.25) is 5.91 Å². The van der Waals surface area contributed by atoms with Gasteiger partial charge >= 0.3 is 6.36 Å². The second kappa shape index (κ2) is 6.23. The third-order valence-electron chi connectivity index (χ3n) is 4.08. The zero-order chi connectivity index (χ0) is 16.4. The molecule has 124 valence electrons. The molecule has 1 aromatic heterocycles. The van der Waals surface area contributed by atoms with Crippen LogP contribution in [0.3, 0.4) is 0 Å². The number of hydrogen-bond donors (Lipinski definition) is 0. The molecule has 2 aromatic rings. The number of halogens is 3. The molecule has 0 bridgehead atoms. The molecule has 0 radical (unpaired) electrons. The Bertz CT molecular complexity index is 688. The van der Waals surface area contributed by atoms with Crippen molar-refractivity contribution in [1.82, 2.24) is 9.47 Å². The molecule has 0 N–H and O–H groups in total. The van der Waals surface area contributed by atoms with E-state index in [1.807, 2.05) is 41.1 Å². The van der Waals surface area contributed by atoms with Gasteiger partial charge in [-0.15, -0.1) is 13.2 Å². The van der Waals surface area contributed by atoms with Crippen molar-refractivity contribution >= 4 is 16.8 Å². The molecule has 2 heterocycles. The molecule has 4 nitrogen and oxygen atoms in total. The molecule has 1 aliphatic rings. The van der Waals surface area contributed by atoms with Crippen molar-refractivity contribution in [3.63, 3.8) is 0 Å². The standard InChI is InChI=1S/C16H17F3N2O2/c17-16(18,19)23-13-6-9-20(10-7-13)15(22)11-21-8-5-12-3-1-2-4-14(12)21/h1-5,8,13H,6-7,9-11H2. The average molecular weight is 326 g/mol. The summed E-state index contributed by atoms with van der Waals surface area (Å²) < 4.78 is 42.5. The van der Waals surface area contributed by atoms with Gasteiger partial charge in [0.1, 0.15) is 6.54 Å². The monoisotopic (exact) mass is 326 g/mol. The summed E-state index contributed by atoms with van der Waals surface area (Å²) in [5.74, 6) is -0.0863. The zero-order valence-corrected chi connectivity index (χ0v) is 12.4. The first kappa shape index (κ1) is 15.9. The molecule has 0 unspecified atom stereocenters. The summed E-state index contributed by atoms with van der Waals surface area (Å²) in [5.41, 5.74) is 0.969. The summed E-state index contributed by atoms with van der Waals surface area (Å²) in [5, 5.41) is 1.05. The molecule has 0 saturated carbocycles. The van der Waals surface area contributed by atoms with Gasteiger partial charge in [-0.2, -0.15) is 0 Å². The van der Waals surface area contributed by atoms with Gasteiger partial charge in [0.05, 0.1) is 6.10 Å². The Hall–Kier alpha value is -2.02. The Labute approximate surface area is 131 Å². The lowest BCUT2D eigenvalue weighted by atomic mass is 10.1. The number of benzene rings is 1. The van der Waals surface area contributed by atoms with Crippen LogP contribution < -0.4 is 0 Å². The van der Waals surface area contributed by atoms with Crippen LogP contribution in [0.5, 0.6) is 0 Å². The maximum absolute atomic E-state index is 12.3. The van der Waals surface area contributed by atoms with Crippen LogP contribution in [-0.4, -0.2) is 40.9 Å². The molecular weight excluding hydrogens is 309 g/mol. The molecule has 1 aromatic carbocycles. The lowest BCUT2D eigenvalue weighted by Crippen LogP contribution is -2.43. The average Bonchev–Trinajstić information content (AvgIpc) is 2.90. The van der Waals surface area contributed by atoms with Crippen LogP contribution in [0.2, 0.25) is 0 Å². The highest BCUT2D eigenvalue weighted by atomic mass is 19.4. The summed E-state index contributed by atoms with van der Waals surface area (Å²) >= 11 is 0. The fraction of sp³-hybridized carbons (Fsp3) is 0.438. The number of carbonyl (C=O) groups excluding carboxylic acids is 1. The number of likely N-dealkylation sites (tertiary alicyclic amines) is 1. The van der Waals surface area contributed by atoms with Gasteiger partial charge in [-0.25, -0.2) is 0 Å². The molecule has 1 saturated heterocycles. The van der Waals surface area contributed by atoms with Crippen molar-refractivity contribution in [3.8, 4) is 0 Å². The normalized spacial score (nSPS) is 16.9. The Kier molecular flexibility index (Phi) is 4.30. The van der Waals surface area contributed by atoms with Crippen molar-refractivity contribution in [3.05, 3.63) is 36.5 Å². The first-order valence-corrected chi connectivity index (χ1v) is 7.48. The highest BCUT2D eigenvalue weighted by Gasteiger charge is 2.35. The van der Waals surface area contributed by atoms with Crippen molar-refractivity contribution in [2.75, 3.05) is 13.1 Å². The van der Waals surface area contributed by atoms with E-state index in [0.717, 1.165) is 10.9 Å². The van der Waals surface area contributed by atoms with Crippen molar-refractivity contribution < 1.29 is 22.7 Å². The second-order valence-corrected chi connectivity index (χ2v) is 5.65. The largest absolute Gasteiger partial charge is 0.522 e. The van der Waals surface area contributed by atoms with Crippen molar-refractivity contribution in [2.45, 2.75) is 31.9 Å². The molecule has 0 aliphatic carbocycles. The van der Waals surface area contributed by atoms with Crippen molar-refractivity contribution in [1.29, 1.82) is 0 Å². The summed E-state index contributed by atoms with van der Waals surface area (Å²) in [6, 6.07) is 9.68. The van der Waals surface area contributed by atoms with E-state index in [1.165, 1.54) is 0 Å². The molecule has 23 heavy (non-hydrogen) atoms. The number of hydrogen-bond acceptors (Lipinski definition) is 2. The molecule has 0 atom stereocenters. The Morgan fingerprint density at radius 2 is 1.87 bits per heavy atom. The number of piperidine rings is 1. The quantitative estimate of drug-likeness (QED) is 0.868. The predicted molar refractivity (Wildman–Crippen MR) is 78.7 cm³/mol. The molecule has 1 aliphatic heterocycles. The summed E-state index contributed by atoms with van der Waals surface area (Å²) in [6.45, 7) is 0.774. The molecule has 1 fully saturated rings. The minimum atomic E-state index is -4.61. The van der Waals surface area contributed by atoms with Gasteiger partial charge in [-0.1, -0.05) is 18.2 Å². The topological polar surface area (TPSA) is 34.5 Å². The van der Waals surface area contributed by atoms with E-state index in [-0.39, 0.29) is 25.3 Å². The molecule has 7 heteroatoms. The summed E-state index contributed by atoms with van der Waals surface area (Å²) in [6.07, 6.45) is -3.20. The first-order chi connectivity index (χ1) is 10.9. The van der Waals surface area contributed by atoms with Crippen LogP contribution in [0.1, 0.15) is 12.8 Å². The SMILES string of the molecule is O=C(Cn1ccc2ccccc21)N1CCC(OC(F)(F)F)CC1. The van der Waals surface area contributed by atoms with Crippen LogP contribution in [0.15, 0.2) is 36.5 Å². The minimum Gasteiger partial charge on any atom is -0.341 e. The second-order valence-electron chi connectivity index (χ2n) is 5.65. The Morgan fingerprint density at radius 1 is 1.17 bits per heavy atom. The van der Waals surface area contributed by atoms with Crippen LogP contribution in [-0.2, 0) is 16.1 Å². The smallest absolute Gasteiger partial charge is 0.341 e. The van der Waals surface area contributed by atoms with E-state index in [0.29, 0.717) is 13.1 Å². The van der Waals surface area contributed by atoms with E-state index < -0.39 is 12.5 Å². The number of alkyl halides is 3. The number of amides is 1. The van der Waals surface area contributed by atoms with E-state index in [9.17, 15) is 18.0 Å². The third-order valence-corrected chi connectivity index (χ3v) is 4.08. The molecule has 3 rings (SSSR count). The van der Waals surface area contributed by atoms with Crippen LogP contribution in [0, 0.1) is 0 Å². The third kappa shape index (κ3) is 3.85. The number of ether oxygens (including phenoxy) is 1. The molecular formula is C16H17F3N2O2. The zero-order valence-electron chi connectivity index (χ0n) is 12.4. The van der Waals surface area contributed by atoms with Gasteiger partial charge in [0.15, 0.2) is 0 Å². The number of para-hydroxylation sites is 1. The van der Waals surface area contributed by atoms with Crippen molar-refractivity contribution in [2.24, 2.45) is 0 Å². The highest BCUT2D eigenvalue weighted by Crippen LogP contribution is 2.24. The highest BCUT2D eigenvalue weighted by molar-refractivity contribution is 5.83. The number of aromatic nitrogens is 1. The van der Waals surface area contributed by atoms with Gasteiger partial charge in [-0.3, -0.25) is 9.53 Å². The van der Waals surface area contributed by atoms with Crippen LogP contribution >= 0.6 is 0 Å². The van der Waals surface area contributed by atoms with Gasteiger partial charge in [0.25, 0.3) is 0 Å². The lowest BCUT2D eigenvalue weighted by molar-refractivity contribution is -0.345. The molecule has 1 amide bonds. The fourth-order valence-corrected chi connectivity index (χ4v) is 2.94. The molecule has 0 spiro atoms. The Morgan fingerprint density at radius 3 is 2.57 bits per heavy atom. The van der Waals surface area contributed by atoms with E-state index >= 15 is 0 Å². The van der Waals surface area contributed by atoms with Crippen LogP contribution in [0.25, 0.3) is 10.9 Å². The Balaban J connectivity index is 1.58. The predicted octanol–water partition coefficient (Wildman–Crippen LogP) is 3.17. The maximum atomic E-state index is 12.3. The van der Waals surface area contributed by atoms with Crippen LogP contribution in [0.4, 0.5) is 13.2 Å². The number of fused-ring (bicyclic) bond motifs is 1. The number of carbonyl (C=O) groups is 1. The maximum Gasteiger partial charge on any atom is 0.522 e. The van der Waals surface area contributed by atoms with E-state index in [2.05, 4.69) is 4.74 Å².